The van der Waals surface area contributed by atoms with Crippen LogP contribution in [-0.4, -0.2) is 30.1 Å². The van der Waals surface area contributed by atoms with Gasteiger partial charge in [-0.05, 0) is 30.8 Å². The number of allylic oxidation sites excluding steroid dienone is 1. The number of esters is 1. The van der Waals surface area contributed by atoms with Gasteiger partial charge < -0.3 is 15.0 Å². The zero-order chi connectivity index (χ0) is 15.7. The number of nitrogens with one attached hydrogen (secondary N) is 1. The molecule has 1 aromatic carbocycles. The number of halogens is 2. The second kappa shape index (κ2) is 6.22. The van der Waals surface area contributed by atoms with Crippen molar-refractivity contribution in [3.05, 3.63) is 45.1 Å². The van der Waals surface area contributed by atoms with Crippen LogP contribution in [0.15, 0.2) is 29.5 Å². The third kappa shape index (κ3) is 2.86. The first-order chi connectivity index (χ1) is 9.88. The molecule has 1 unspecified atom stereocenters. The van der Waals surface area contributed by atoms with Crippen molar-refractivity contribution in [3.8, 4) is 0 Å². The second-order valence-corrected chi connectivity index (χ2v) is 5.75. The average Bonchev–Trinajstić information content (AvgIpc) is 2.46. The molecule has 112 valence electrons. The maximum Gasteiger partial charge on any atom is 0.337 e. The van der Waals surface area contributed by atoms with Gasteiger partial charge in [-0.15, -0.1) is 0 Å². The van der Waals surface area contributed by atoms with Crippen molar-refractivity contribution in [2.24, 2.45) is 0 Å². The zero-order valence-corrected chi connectivity index (χ0v) is 14.1. The number of carbonyl (C=O) groups excluding carboxylic acids is 1. The summed E-state index contributed by atoms with van der Waals surface area (Å²) in [6.07, 6.45) is 0. The minimum Gasteiger partial charge on any atom is -0.466 e. The average molecular weight is 345 g/mol. The van der Waals surface area contributed by atoms with Crippen molar-refractivity contribution >= 4 is 46.5 Å². The normalized spacial score (nSPS) is 18.6. The molecule has 1 heterocycles. The molecule has 0 radical (unpaired) electrons. The molecule has 0 spiro atoms. The van der Waals surface area contributed by atoms with Crippen LogP contribution in [0.3, 0.4) is 0 Å². The summed E-state index contributed by atoms with van der Waals surface area (Å²) in [7, 11) is 3.12. The molecule has 1 N–H and O–H groups in total. The van der Waals surface area contributed by atoms with E-state index < -0.39 is 12.0 Å². The molecule has 0 aromatic heterocycles. The van der Waals surface area contributed by atoms with Gasteiger partial charge in [-0.1, -0.05) is 35.3 Å². The Hall–Kier alpha value is -1.30. The lowest BCUT2D eigenvalue weighted by molar-refractivity contribution is -0.136. The minimum absolute atomic E-state index is 0.387. The third-order valence-electron chi connectivity index (χ3n) is 3.45. The summed E-state index contributed by atoms with van der Waals surface area (Å²) in [5.74, 6) is -0.435. The number of hydrogen-bond donors (Lipinski definition) is 1. The predicted octanol–water partition coefficient (Wildman–Crippen LogP) is 3.30. The summed E-state index contributed by atoms with van der Waals surface area (Å²) in [4.78, 5) is 13.9. The van der Waals surface area contributed by atoms with Crippen molar-refractivity contribution < 1.29 is 9.53 Å². The summed E-state index contributed by atoms with van der Waals surface area (Å²) < 4.78 is 4.88. The van der Waals surface area contributed by atoms with Crippen LogP contribution in [0, 0.1) is 0 Å². The number of hydrogen-bond acceptors (Lipinski definition) is 3. The molecule has 0 saturated heterocycles. The van der Waals surface area contributed by atoms with Gasteiger partial charge in [-0.25, -0.2) is 4.79 Å². The van der Waals surface area contributed by atoms with Gasteiger partial charge in [0.05, 0.1) is 28.8 Å². The van der Waals surface area contributed by atoms with E-state index in [1.165, 1.54) is 7.11 Å². The fourth-order valence-electron chi connectivity index (χ4n) is 2.19. The van der Waals surface area contributed by atoms with Crippen molar-refractivity contribution in [3.63, 3.8) is 0 Å². The van der Waals surface area contributed by atoms with Gasteiger partial charge in [0, 0.05) is 12.7 Å². The molecule has 7 heteroatoms. The highest BCUT2D eigenvalue weighted by molar-refractivity contribution is 7.80. The molecule has 1 aliphatic rings. The quantitative estimate of drug-likeness (QED) is 0.658. The highest BCUT2D eigenvalue weighted by atomic mass is 35.5. The molecule has 4 nitrogen and oxygen atoms in total. The fourth-order valence-corrected chi connectivity index (χ4v) is 2.86. The number of benzene rings is 1. The lowest BCUT2D eigenvalue weighted by Gasteiger charge is -2.35. The van der Waals surface area contributed by atoms with Crippen LogP contribution in [0.25, 0.3) is 0 Å². The zero-order valence-electron chi connectivity index (χ0n) is 11.7. The molecule has 1 atom stereocenters. The lowest BCUT2D eigenvalue weighted by Crippen LogP contribution is -2.46. The van der Waals surface area contributed by atoms with Crippen LogP contribution < -0.4 is 5.32 Å². The monoisotopic (exact) mass is 344 g/mol. The van der Waals surface area contributed by atoms with E-state index in [2.05, 4.69) is 5.32 Å². The Morgan fingerprint density at radius 3 is 2.71 bits per heavy atom. The molecule has 21 heavy (non-hydrogen) atoms. The second-order valence-electron chi connectivity index (χ2n) is 4.58. The van der Waals surface area contributed by atoms with Gasteiger partial charge >= 0.3 is 5.97 Å². The largest absolute Gasteiger partial charge is 0.466 e. The first-order valence-corrected chi connectivity index (χ1v) is 7.32. The van der Waals surface area contributed by atoms with Gasteiger partial charge in [0.1, 0.15) is 0 Å². The molecule has 0 aliphatic carbocycles. The molecular weight excluding hydrogens is 331 g/mol. The predicted molar refractivity (Wildman–Crippen MR) is 87.4 cm³/mol. The Kier molecular flexibility index (Phi) is 4.76. The van der Waals surface area contributed by atoms with Crippen LogP contribution in [0.2, 0.25) is 10.0 Å². The van der Waals surface area contributed by atoms with E-state index in [0.717, 1.165) is 0 Å². The summed E-state index contributed by atoms with van der Waals surface area (Å²) in [5.41, 5.74) is 1.85. The number of rotatable bonds is 2. The number of methoxy groups -OCH3 is 1. The van der Waals surface area contributed by atoms with Crippen molar-refractivity contribution in [1.82, 2.24) is 10.2 Å². The Labute approximate surface area is 138 Å². The van der Waals surface area contributed by atoms with Crippen LogP contribution in [0.4, 0.5) is 0 Å². The van der Waals surface area contributed by atoms with Gasteiger partial charge in [-0.3, -0.25) is 0 Å². The first kappa shape index (κ1) is 16.1. The van der Waals surface area contributed by atoms with Crippen molar-refractivity contribution in [2.45, 2.75) is 13.0 Å². The Morgan fingerprint density at radius 2 is 2.10 bits per heavy atom. The van der Waals surface area contributed by atoms with Gasteiger partial charge in [0.15, 0.2) is 5.11 Å². The van der Waals surface area contributed by atoms with Gasteiger partial charge in [0.2, 0.25) is 0 Å². The minimum atomic E-state index is -0.493. The van der Waals surface area contributed by atoms with E-state index in [0.29, 0.717) is 32.0 Å². The molecule has 0 bridgehead atoms. The molecule has 2 rings (SSSR count). The van der Waals surface area contributed by atoms with Crippen molar-refractivity contribution in [2.75, 3.05) is 14.2 Å². The number of nitrogens with zero attached hydrogens (tertiary/aromatic N) is 1. The Balaban J connectivity index is 2.62. The number of carbonyl (C=O) groups is 1. The standard InChI is InChI=1S/C14H14Cl2N2O2S/c1-7-10(13(19)20-3)12(17-14(21)18(7)2)8-5-4-6-9(15)11(8)16/h4-6,12H,1-3H3,(H,17,21). The van der Waals surface area contributed by atoms with Crippen LogP contribution in [0.5, 0.6) is 0 Å². The van der Waals surface area contributed by atoms with Crippen LogP contribution >= 0.6 is 35.4 Å². The van der Waals surface area contributed by atoms with E-state index in [9.17, 15) is 4.79 Å². The fraction of sp³-hybridized carbons (Fsp3) is 0.286. The third-order valence-corrected chi connectivity index (χ3v) is 4.68. The summed E-state index contributed by atoms with van der Waals surface area (Å²) in [5, 5.41) is 4.41. The summed E-state index contributed by atoms with van der Waals surface area (Å²) >= 11 is 17.6. The molecule has 0 fully saturated rings. The summed E-state index contributed by atoms with van der Waals surface area (Å²) in [6.45, 7) is 1.81. The Bertz CT molecular complexity index is 646. The Morgan fingerprint density at radius 1 is 1.43 bits per heavy atom. The van der Waals surface area contributed by atoms with E-state index >= 15 is 0 Å². The van der Waals surface area contributed by atoms with Gasteiger partial charge in [-0.2, -0.15) is 0 Å². The first-order valence-electron chi connectivity index (χ1n) is 6.15. The topological polar surface area (TPSA) is 41.6 Å². The highest BCUT2D eigenvalue weighted by Crippen LogP contribution is 2.36. The van der Waals surface area contributed by atoms with E-state index in [1.807, 2.05) is 6.92 Å². The van der Waals surface area contributed by atoms with E-state index in [4.69, 9.17) is 40.2 Å². The maximum atomic E-state index is 12.1. The maximum absolute atomic E-state index is 12.1. The molecule has 0 amide bonds. The van der Waals surface area contributed by atoms with Crippen molar-refractivity contribution in [1.29, 1.82) is 0 Å². The summed E-state index contributed by atoms with van der Waals surface area (Å²) in [6, 6.07) is 4.77. The van der Waals surface area contributed by atoms with E-state index in [-0.39, 0.29) is 0 Å². The smallest absolute Gasteiger partial charge is 0.337 e. The lowest BCUT2D eigenvalue weighted by atomic mass is 9.95. The van der Waals surface area contributed by atoms with E-state index in [1.54, 1.807) is 30.1 Å². The van der Waals surface area contributed by atoms with Gasteiger partial charge in [0.25, 0.3) is 0 Å². The number of ether oxygens (including phenoxy) is 1. The SMILES string of the molecule is COC(=O)C1=C(C)N(C)C(=S)NC1c1cccc(Cl)c1Cl. The molecule has 1 aromatic rings. The van der Waals surface area contributed by atoms with Crippen LogP contribution in [0.1, 0.15) is 18.5 Å². The van der Waals surface area contributed by atoms with Crippen LogP contribution in [-0.2, 0) is 9.53 Å². The molecule has 1 aliphatic heterocycles. The highest BCUT2D eigenvalue weighted by Gasteiger charge is 2.34. The molecular formula is C14H14Cl2N2O2S. The number of thiocarbonyl (C=S) groups is 1. The molecule has 0 saturated carbocycles.